The minimum Gasteiger partial charge on any atom is -0.454 e. The maximum atomic E-state index is 13.0. The van der Waals surface area contributed by atoms with Crippen LogP contribution in [0.1, 0.15) is 5.56 Å². The van der Waals surface area contributed by atoms with Crippen LogP contribution in [0.2, 0.25) is 0 Å². The van der Waals surface area contributed by atoms with Crippen molar-refractivity contribution in [3.8, 4) is 11.5 Å². The van der Waals surface area contributed by atoms with Crippen molar-refractivity contribution in [3.63, 3.8) is 0 Å². The molecular weight excluding hydrogens is 349 g/mol. The molecule has 24 heavy (non-hydrogen) atoms. The summed E-state index contributed by atoms with van der Waals surface area (Å²) in [7, 11) is 1.51. The number of carbonyl (C=O) groups excluding carboxylic acids is 1. The van der Waals surface area contributed by atoms with E-state index in [0.29, 0.717) is 11.5 Å². The van der Waals surface area contributed by atoms with Gasteiger partial charge in [-0.15, -0.1) is 12.4 Å². The average molecular weight is 367 g/mol. The summed E-state index contributed by atoms with van der Waals surface area (Å²) in [4.78, 5) is 13.7. The summed E-state index contributed by atoms with van der Waals surface area (Å²) in [5, 5.41) is 2.66. The van der Waals surface area contributed by atoms with Gasteiger partial charge in [-0.3, -0.25) is 4.79 Å². The molecule has 0 aromatic heterocycles. The van der Waals surface area contributed by atoms with Crippen LogP contribution in [0.4, 0.5) is 13.2 Å². The predicted molar refractivity (Wildman–Crippen MR) is 82.2 cm³/mol. The second-order valence-corrected chi connectivity index (χ2v) is 5.79. The zero-order valence-electron chi connectivity index (χ0n) is 12.9. The fraction of sp³-hybridized carbons (Fsp3) is 0.533. The van der Waals surface area contributed by atoms with Gasteiger partial charge in [-0.25, -0.2) is 0 Å². The lowest BCUT2D eigenvalue weighted by Gasteiger charge is -2.26. The zero-order valence-corrected chi connectivity index (χ0v) is 13.7. The van der Waals surface area contributed by atoms with Crippen LogP contribution in [-0.2, 0) is 11.3 Å². The molecule has 2 atom stereocenters. The Morgan fingerprint density at radius 1 is 1.29 bits per heavy atom. The number of rotatable bonds is 3. The quantitative estimate of drug-likeness (QED) is 0.891. The maximum absolute atomic E-state index is 13.0. The van der Waals surface area contributed by atoms with Crippen molar-refractivity contribution in [2.24, 2.45) is 11.8 Å². The molecule has 0 saturated carbocycles. The van der Waals surface area contributed by atoms with Gasteiger partial charge < -0.3 is 19.7 Å². The molecule has 0 spiro atoms. The van der Waals surface area contributed by atoms with E-state index in [1.165, 1.54) is 11.9 Å². The number of amides is 1. The van der Waals surface area contributed by atoms with Gasteiger partial charge in [-0.05, 0) is 17.7 Å². The van der Waals surface area contributed by atoms with E-state index in [0.717, 1.165) is 5.56 Å². The number of alkyl halides is 3. The van der Waals surface area contributed by atoms with Gasteiger partial charge in [0.2, 0.25) is 12.7 Å². The highest BCUT2D eigenvalue weighted by atomic mass is 35.5. The summed E-state index contributed by atoms with van der Waals surface area (Å²) >= 11 is 0. The number of halogens is 4. The molecule has 1 amide bonds. The lowest BCUT2D eigenvalue weighted by atomic mass is 9.94. The molecule has 1 N–H and O–H groups in total. The van der Waals surface area contributed by atoms with E-state index in [-0.39, 0.29) is 38.8 Å². The third-order valence-electron chi connectivity index (χ3n) is 4.18. The van der Waals surface area contributed by atoms with Crippen LogP contribution in [0.25, 0.3) is 0 Å². The van der Waals surface area contributed by atoms with Crippen LogP contribution in [0.5, 0.6) is 11.5 Å². The Hall–Kier alpha value is -1.67. The van der Waals surface area contributed by atoms with Gasteiger partial charge in [0.15, 0.2) is 11.5 Å². The summed E-state index contributed by atoms with van der Waals surface area (Å²) in [6, 6.07) is 5.23. The standard InChI is InChI=1S/C15H17F3N2O3.ClH/c1-20(7-9-2-3-12-13(4-9)23-8-22-12)14(21)10-5-19-6-11(10)15(16,17)18;/h2-4,10-11,19H,5-8H2,1H3;1H/t10-,11-;/m1./s1. The van der Waals surface area contributed by atoms with Gasteiger partial charge in [0.1, 0.15) is 0 Å². The van der Waals surface area contributed by atoms with Gasteiger partial charge in [0, 0.05) is 26.7 Å². The molecule has 1 fully saturated rings. The fourth-order valence-corrected chi connectivity index (χ4v) is 2.96. The molecule has 134 valence electrons. The molecule has 0 aliphatic carbocycles. The van der Waals surface area contributed by atoms with E-state index in [2.05, 4.69) is 5.32 Å². The molecule has 9 heteroatoms. The smallest absolute Gasteiger partial charge is 0.393 e. The SMILES string of the molecule is CN(Cc1ccc2c(c1)OCO2)C(=O)[C@@H]1CNC[C@H]1C(F)(F)F.Cl. The van der Waals surface area contributed by atoms with E-state index in [4.69, 9.17) is 9.47 Å². The van der Waals surface area contributed by atoms with Crippen LogP contribution in [0.3, 0.4) is 0 Å². The summed E-state index contributed by atoms with van der Waals surface area (Å²) in [6.07, 6.45) is -4.37. The normalized spacial score (nSPS) is 22.2. The average Bonchev–Trinajstić information content (AvgIpc) is 3.14. The molecule has 0 unspecified atom stereocenters. The maximum Gasteiger partial charge on any atom is 0.393 e. The molecule has 5 nitrogen and oxygen atoms in total. The first-order chi connectivity index (χ1) is 10.9. The van der Waals surface area contributed by atoms with Crippen LogP contribution in [-0.4, -0.2) is 43.9 Å². The topological polar surface area (TPSA) is 50.8 Å². The Labute approximate surface area is 143 Å². The summed E-state index contributed by atoms with van der Waals surface area (Å²) in [5.41, 5.74) is 0.777. The molecule has 1 aromatic carbocycles. The molecule has 1 saturated heterocycles. The summed E-state index contributed by atoms with van der Waals surface area (Å²) in [5.74, 6) is -2.00. The highest BCUT2D eigenvalue weighted by Crippen LogP contribution is 2.36. The first-order valence-corrected chi connectivity index (χ1v) is 7.27. The monoisotopic (exact) mass is 366 g/mol. The highest BCUT2D eigenvalue weighted by Gasteiger charge is 2.50. The lowest BCUT2D eigenvalue weighted by Crippen LogP contribution is -2.40. The molecule has 1 aromatic rings. The molecule has 0 radical (unpaired) electrons. The third kappa shape index (κ3) is 3.70. The van der Waals surface area contributed by atoms with Crippen LogP contribution < -0.4 is 14.8 Å². The van der Waals surface area contributed by atoms with Crippen molar-refractivity contribution in [1.82, 2.24) is 10.2 Å². The molecule has 3 rings (SSSR count). The van der Waals surface area contributed by atoms with Crippen molar-refractivity contribution >= 4 is 18.3 Å². The molecule has 2 aliphatic rings. The second kappa shape index (κ2) is 7.06. The second-order valence-electron chi connectivity index (χ2n) is 5.79. The van der Waals surface area contributed by atoms with Crippen molar-refractivity contribution < 1.29 is 27.4 Å². The van der Waals surface area contributed by atoms with E-state index in [1.807, 2.05) is 0 Å². The van der Waals surface area contributed by atoms with Gasteiger partial charge in [0.25, 0.3) is 0 Å². The molecule has 0 bridgehead atoms. The Balaban J connectivity index is 0.00000208. The molecular formula is C15H18ClF3N2O3. The highest BCUT2D eigenvalue weighted by molar-refractivity contribution is 5.85. The van der Waals surface area contributed by atoms with Gasteiger partial charge in [-0.2, -0.15) is 13.2 Å². The van der Waals surface area contributed by atoms with Crippen LogP contribution in [0.15, 0.2) is 18.2 Å². The number of hydrogen-bond acceptors (Lipinski definition) is 4. The number of nitrogens with zero attached hydrogens (tertiary/aromatic N) is 1. The minimum atomic E-state index is -4.37. The zero-order chi connectivity index (χ0) is 16.6. The van der Waals surface area contributed by atoms with E-state index < -0.39 is 23.9 Å². The summed E-state index contributed by atoms with van der Waals surface area (Å²) in [6.45, 7) is 0.206. The predicted octanol–water partition coefficient (Wildman–Crippen LogP) is 2.19. The number of benzene rings is 1. The number of carbonyl (C=O) groups is 1. The van der Waals surface area contributed by atoms with Crippen LogP contribution in [0, 0.1) is 11.8 Å². The van der Waals surface area contributed by atoms with Crippen molar-refractivity contribution in [3.05, 3.63) is 23.8 Å². The van der Waals surface area contributed by atoms with Crippen molar-refractivity contribution in [1.29, 1.82) is 0 Å². The Morgan fingerprint density at radius 3 is 2.71 bits per heavy atom. The third-order valence-corrected chi connectivity index (χ3v) is 4.18. The lowest BCUT2D eigenvalue weighted by molar-refractivity contribution is -0.184. The fourth-order valence-electron chi connectivity index (χ4n) is 2.96. The molecule has 2 aliphatic heterocycles. The van der Waals surface area contributed by atoms with Crippen molar-refractivity contribution in [2.45, 2.75) is 12.7 Å². The van der Waals surface area contributed by atoms with E-state index in [1.54, 1.807) is 18.2 Å². The Kier molecular flexibility index (Phi) is 5.49. The number of fused-ring (bicyclic) bond motifs is 1. The first kappa shape index (κ1) is 18.7. The Morgan fingerprint density at radius 2 is 2.00 bits per heavy atom. The summed E-state index contributed by atoms with van der Waals surface area (Å²) < 4.78 is 49.4. The van der Waals surface area contributed by atoms with Gasteiger partial charge in [-0.1, -0.05) is 6.07 Å². The van der Waals surface area contributed by atoms with Crippen molar-refractivity contribution in [2.75, 3.05) is 26.9 Å². The largest absolute Gasteiger partial charge is 0.454 e. The van der Waals surface area contributed by atoms with E-state index in [9.17, 15) is 18.0 Å². The number of nitrogens with one attached hydrogen (secondary N) is 1. The van der Waals surface area contributed by atoms with Crippen LogP contribution >= 0.6 is 12.4 Å². The first-order valence-electron chi connectivity index (χ1n) is 7.27. The Bertz CT molecular complexity index is 612. The number of hydrogen-bond donors (Lipinski definition) is 1. The molecule has 2 heterocycles. The van der Waals surface area contributed by atoms with Gasteiger partial charge in [0.05, 0.1) is 11.8 Å². The van der Waals surface area contributed by atoms with Gasteiger partial charge >= 0.3 is 6.18 Å². The minimum absolute atomic E-state index is 0. The van der Waals surface area contributed by atoms with E-state index >= 15 is 0 Å². The number of ether oxygens (including phenoxy) is 2.